The van der Waals surface area contributed by atoms with E-state index in [0.717, 1.165) is 33.4 Å². The summed E-state index contributed by atoms with van der Waals surface area (Å²) in [5.41, 5.74) is 12.0. The standard InChI is InChI=1S/C22H20ClN3O/c1-14(24)15-9-10-21-20(12-15)25-13-26(21)17-6-3-5-16(11-17)18-7-4-8-19(23)22(18)27-2/h3-14H,24H2,1-2H3/t14-/m1/s1. The van der Waals surface area contributed by atoms with Crippen LogP contribution in [0, 0.1) is 0 Å². The summed E-state index contributed by atoms with van der Waals surface area (Å²) >= 11 is 6.29. The zero-order chi connectivity index (χ0) is 19.0. The quantitative estimate of drug-likeness (QED) is 0.519. The number of benzene rings is 3. The fraction of sp³-hybridized carbons (Fsp3) is 0.136. The van der Waals surface area contributed by atoms with Gasteiger partial charge in [0.1, 0.15) is 12.1 Å². The van der Waals surface area contributed by atoms with Gasteiger partial charge in [-0.15, -0.1) is 0 Å². The van der Waals surface area contributed by atoms with Crippen molar-refractivity contribution >= 4 is 22.6 Å². The molecule has 0 fully saturated rings. The maximum Gasteiger partial charge on any atom is 0.145 e. The van der Waals surface area contributed by atoms with E-state index in [-0.39, 0.29) is 6.04 Å². The predicted molar refractivity (Wildman–Crippen MR) is 111 cm³/mol. The number of rotatable bonds is 4. The first-order chi connectivity index (χ1) is 13.1. The second-order valence-corrected chi connectivity index (χ2v) is 6.93. The molecule has 1 aromatic heterocycles. The normalized spacial score (nSPS) is 12.3. The number of hydrogen-bond acceptors (Lipinski definition) is 3. The SMILES string of the molecule is COc1c(Cl)cccc1-c1cccc(-n2cnc3cc([C@@H](C)N)ccc32)c1. The summed E-state index contributed by atoms with van der Waals surface area (Å²) in [5.74, 6) is 0.674. The van der Waals surface area contributed by atoms with Crippen molar-refractivity contribution in [2.24, 2.45) is 5.73 Å². The third-order valence-electron chi connectivity index (χ3n) is 4.70. The predicted octanol–water partition coefficient (Wildman–Crippen LogP) is 5.37. The molecule has 0 spiro atoms. The zero-order valence-corrected chi connectivity index (χ0v) is 15.9. The monoisotopic (exact) mass is 377 g/mol. The van der Waals surface area contributed by atoms with Crippen LogP contribution in [-0.4, -0.2) is 16.7 Å². The van der Waals surface area contributed by atoms with Crippen LogP contribution in [-0.2, 0) is 0 Å². The van der Waals surface area contributed by atoms with Gasteiger partial charge in [-0.05, 0) is 48.4 Å². The van der Waals surface area contributed by atoms with Gasteiger partial charge in [0.15, 0.2) is 0 Å². The van der Waals surface area contributed by atoms with Crippen molar-refractivity contribution < 1.29 is 4.74 Å². The van der Waals surface area contributed by atoms with E-state index >= 15 is 0 Å². The number of imidazole rings is 1. The van der Waals surface area contributed by atoms with Crippen LogP contribution in [0.1, 0.15) is 18.5 Å². The lowest BCUT2D eigenvalue weighted by Crippen LogP contribution is -2.04. The highest BCUT2D eigenvalue weighted by Gasteiger charge is 2.12. The third kappa shape index (κ3) is 3.18. The molecule has 136 valence electrons. The van der Waals surface area contributed by atoms with E-state index < -0.39 is 0 Å². The molecule has 1 atom stereocenters. The molecule has 4 rings (SSSR count). The smallest absolute Gasteiger partial charge is 0.145 e. The molecule has 0 aliphatic heterocycles. The van der Waals surface area contributed by atoms with Gasteiger partial charge in [-0.1, -0.05) is 41.9 Å². The van der Waals surface area contributed by atoms with Gasteiger partial charge in [0, 0.05) is 17.3 Å². The zero-order valence-electron chi connectivity index (χ0n) is 15.2. The number of nitrogens with zero attached hydrogens (tertiary/aromatic N) is 2. The molecule has 27 heavy (non-hydrogen) atoms. The number of halogens is 1. The van der Waals surface area contributed by atoms with Crippen molar-refractivity contribution in [2.45, 2.75) is 13.0 Å². The molecule has 0 amide bonds. The average Bonchev–Trinajstić information content (AvgIpc) is 3.11. The maximum atomic E-state index is 6.29. The first kappa shape index (κ1) is 17.6. The summed E-state index contributed by atoms with van der Waals surface area (Å²) in [5, 5.41) is 0.594. The van der Waals surface area contributed by atoms with E-state index in [9.17, 15) is 0 Å². The van der Waals surface area contributed by atoms with E-state index in [1.165, 1.54) is 0 Å². The Morgan fingerprint density at radius 1 is 1.07 bits per heavy atom. The van der Waals surface area contributed by atoms with E-state index in [0.29, 0.717) is 10.8 Å². The lowest BCUT2D eigenvalue weighted by molar-refractivity contribution is 0.416. The van der Waals surface area contributed by atoms with Gasteiger partial charge in [0.2, 0.25) is 0 Å². The first-order valence-corrected chi connectivity index (χ1v) is 9.12. The topological polar surface area (TPSA) is 53.1 Å². The Labute approximate surface area is 163 Å². The van der Waals surface area contributed by atoms with Gasteiger partial charge in [-0.3, -0.25) is 4.57 Å². The van der Waals surface area contributed by atoms with Crippen molar-refractivity contribution in [3.05, 3.63) is 77.6 Å². The molecular weight excluding hydrogens is 358 g/mol. The van der Waals surface area contributed by atoms with Crippen LogP contribution in [0.4, 0.5) is 0 Å². The minimum Gasteiger partial charge on any atom is -0.495 e. The van der Waals surface area contributed by atoms with Gasteiger partial charge in [-0.2, -0.15) is 0 Å². The molecule has 4 aromatic rings. The van der Waals surface area contributed by atoms with Crippen molar-refractivity contribution in [2.75, 3.05) is 7.11 Å². The number of fused-ring (bicyclic) bond motifs is 1. The number of nitrogens with two attached hydrogens (primary N) is 1. The Hall–Kier alpha value is -2.82. The van der Waals surface area contributed by atoms with Gasteiger partial charge >= 0.3 is 0 Å². The fourth-order valence-corrected chi connectivity index (χ4v) is 3.54. The molecule has 0 aliphatic rings. The Morgan fingerprint density at radius 3 is 2.67 bits per heavy atom. The Bertz CT molecular complexity index is 1120. The molecule has 0 unspecified atom stereocenters. The van der Waals surface area contributed by atoms with Crippen molar-refractivity contribution in [1.29, 1.82) is 0 Å². The highest BCUT2D eigenvalue weighted by atomic mass is 35.5. The molecule has 0 radical (unpaired) electrons. The van der Waals surface area contributed by atoms with Crippen LogP contribution >= 0.6 is 11.6 Å². The van der Waals surface area contributed by atoms with Crippen LogP contribution in [0.25, 0.3) is 27.8 Å². The highest BCUT2D eigenvalue weighted by molar-refractivity contribution is 6.32. The number of hydrogen-bond donors (Lipinski definition) is 1. The van der Waals surface area contributed by atoms with Crippen molar-refractivity contribution in [3.63, 3.8) is 0 Å². The van der Waals surface area contributed by atoms with Crippen LogP contribution in [0.15, 0.2) is 67.0 Å². The minimum absolute atomic E-state index is 0.0156. The molecule has 0 saturated heterocycles. The molecule has 1 heterocycles. The van der Waals surface area contributed by atoms with Gasteiger partial charge < -0.3 is 10.5 Å². The van der Waals surface area contributed by atoms with Gasteiger partial charge in [0.25, 0.3) is 0 Å². The van der Waals surface area contributed by atoms with Crippen molar-refractivity contribution in [3.8, 4) is 22.6 Å². The number of ether oxygens (including phenoxy) is 1. The maximum absolute atomic E-state index is 6.29. The second-order valence-electron chi connectivity index (χ2n) is 6.52. The summed E-state index contributed by atoms with van der Waals surface area (Å²) in [6.45, 7) is 1.97. The fourth-order valence-electron chi connectivity index (χ4n) is 3.29. The molecule has 2 N–H and O–H groups in total. The lowest BCUT2D eigenvalue weighted by Gasteiger charge is -2.12. The number of methoxy groups -OCH3 is 1. The summed E-state index contributed by atoms with van der Waals surface area (Å²) in [6, 6.07) is 20.1. The molecule has 5 heteroatoms. The second kappa shape index (κ2) is 7.06. The summed E-state index contributed by atoms with van der Waals surface area (Å²) in [4.78, 5) is 4.55. The molecular formula is C22H20ClN3O. The Balaban J connectivity index is 1.82. The molecule has 4 nitrogen and oxygen atoms in total. The minimum atomic E-state index is -0.0156. The van der Waals surface area contributed by atoms with Crippen molar-refractivity contribution in [1.82, 2.24) is 9.55 Å². The Morgan fingerprint density at radius 2 is 1.89 bits per heavy atom. The van der Waals surface area contributed by atoms with Crippen LogP contribution in [0.5, 0.6) is 5.75 Å². The summed E-state index contributed by atoms with van der Waals surface area (Å²) < 4.78 is 7.57. The van der Waals surface area contributed by atoms with Crippen LogP contribution in [0.2, 0.25) is 5.02 Å². The third-order valence-corrected chi connectivity index (χ3v) is 5.00. The number of aromatic nitrogens is 2. The van der Waals surface area contributed by atoms with Gasteiger partial charge in [-0.25, -0.2) is 4.98 Å². The number of para-hydroxylation sites is 1. The van der Waals surface area contributed by atoms with E-state index in [1.807, 2.05) is 49.6 Å². The van der Waals surface area contributed by atoms with E-state index in [4.69, 9.17) is 22.1 Å². The Kier molecular flexibility index (Phi) is 4.60. The average molecular weight is 378 g/mol. The van der Waals surface area contributed by atoms with Crippen LogP contribution in [0.3, 0.4) is 0 Å². The molecule has 3 aromatic carbocycles. The molecule has 0 aliphatic carbocycles. The summed E-state index contributed by atoms with van der Waals surface area (Å²) in [7, 11) is 1.63. The molecule has 0 saturated carbocycles. The van der Waals surface area contributed by atoms with E-state index in [1.54, 1.807) is 7.11 Å². The largest absolute Gasteiger partial charge is 0.495 e. The highest BCUT2D eigenvalue weighted by Crippen LogP contribution is 2.36. The summed E-state index contributed by atoms with van der Waals surface area (Å²) in [6.07, 6.45) is 1.84. The van der Waals surface area contributed by atoms with E-state index in [2.05, 4.69) is 33.8 Å². The lowest BCUT2D eigenvalue weighted by atomic mass is 10.0. The first-order valence-electron chi connectivity index (χ1n) is 8.74. The van der Waals surface area contributed by atoms with Crippen LogP contribution < -0.4 is 10.5 Å². The molecule has 0 bridgehead atoms. The van der Waals surface area contributed by atoms with Gasteiger partial charge in [0.05, 0.1) is 23.2 Å².